The van der Waals surface area contributed by atoms with E-state index in [2.05, 4.69) is 32.7 Å². The number of allylic oxidation sites excluding steroid dienone is 1. The Morgan fingerprint density at radius 3 is 2.83 bits per heavy atom. The number of amides is 3. The zero-order valence-electron chi connectivity index (χ0n) is 16.4. The predicted molar refractivity (Wildman–Crippen MR) is 104 cm³/mol. The summed E-state index contributed by atoms with van der Waals surface area (Å²) < 4.78 is 26.4. The van der Waals surface area contributed by atoms with Gasteiger partial charge in [0.1, 0.15) is 17.6 Å². The Bertz CT molecular complexity index is 907. The maximum Gasteiger partial charge on any atom is 0.336 e. The lowest BCUT2D eigenvalue weighted by molar-refractivity contribution is -0.122. The molecular formula is C17H25N7O4S. The van der Waals surface area contributed by atoms with E-state index >= 15 is 0 Å². The predicted octanol–water partition coefficient (Wildman–Crippen LogP) is -1.39. The van der Waals surface area contributed by atoms with E-state index in [-0.39, 0.29) is 28.6 Å². The maximum atomic E-state index is 12.9. The molecule has 5 N–H and O–H groups in total. The van der Waals surface area contributed by atoms with Gasteiger partial charge in [0.15, 0.2) is 0 Å². The van der Waals surface area contributed by atoms with E-state index in [9.17, 15) is 18.0 Å². The highest BCUT2D eigenvalue weighted by Crippen LogP contribution is 2.27. The summed E-state index contributed by atoms with van der Waals surface area (Å²) in [4.78, 5) is 24.9. The lowest BCUT2D eigenvalue weighted by atomic mass is 9.91. The number of rotatable bonds is 4. The summed E-state index contributed by atoms with van der Waals surface area (Å²) in [6, 6.07) is 0.354. The highest BCUT2D eigenvalue weighted by atomic mass is 32.2. The number of sulfonamides is 1. The van der Waals surface area contributed by atoms with Crippen molar-refractivity contribution in [2.24, 2.45) is 5.92 Å². The molecule has 3 heterocycles. The van der Waals surface area contributed by atoms with Gasteiger partial charge in [0, 0.05) is 24.5 Å². The van der Waals surface area contributed by atoms with Gasteiger partial charge in [-0.3, -0.25) is 15.4 Å². The molecule has 0 saturated carbocycles. The quantitative estimate of drug-likeness (QED) is 0.370. The van der Waals surface area contributed by atoms with Crippen molar-refractivity contribution in [3.8, 4) is 6.07 Å². The number of nitrogens with zero attached hydrogens (tertiary/aromatic N) is 2. The van der Waals surface area contributed by atoms with Gasteiger partial charge in [0.2, 0.25) is 5.91 Å². The molecule has 0 spiro atoms. The molecule has 158 valence electrons. The van der Waals surface area contributed by atoms with Gasteiger partial charge in [-0.15, -0.1) is 0 Å². The van der Waals surface area contributed by atoms with Crippen molar-refractivity contribution in [2.45, 2.75) is 45.1 Å². The standard InChI is InChI=1S/C17H25N7O4S/c1-9-12(7-20-14(6-18)21-9)10(2)22-15(25)8-24-17(26)23-13-4-5-19-11(3)16(13)29(24,27)28/h4-5,9-12,14,19-21H,7-8H2,1-3H3,(H,22,25)(H,23,26)/t9?,10-,11?,12?,14?/m0/s1. The first-order chi connectivity index (χ1) is 13.6. The number of hydrogen-bond donors (Lipinski definition) is 5. The summed E-state index contributed by atoms with van der Waals surface area (Å²) in [5.41, 5.74) is 0.214. The second-order valence-corrected chi connectivity index (χ2v) is 9.22. The van der Waals surface area contributed by atoms with Crippen LogP contribution in [0, 0.1) is 17.2 Å². The fourth-order valence-corrected chi connectivity index (χ4v) is 5.50. The second kappa shape index (κ2) is 8.02. The molecule has 12 heteroatoms. The van der Waals surface area contributed by atoms with Crippen LogP contribution >= 0.6 is 0 Å². The lowest BCUT2D eigenvalue weighted by Crippen LogP contribution is -2.62. The van der Waals surface area contributed by atoms with E-state index in [4.69, 9.17) is 5.26 Å². The third kappa shape index (κ3) is 4.07. The molecule has 3 aliphatic heterocycles. The van der Waals surface area contributed by atoms with Crippen LogP contribution in [0.5, 0.6) is 0 Å². The Morgan fingerprint density at radius 1 is 1.45 bits per heavy atom. The molecule has 11 nitrogen and oxygen atoms in total. The Kier molecular flexibility index (Phi) is 5.83. The Morgan fingerprint density at radius 2 is 2.17 bits per heavy atom. The van der Waals surface area contributed by atoms with Gasteiger partial charge in [0.25, 0.3) is 10.0 Å². The molecule has 29 heavy (non-hydrogen) atoms. The molecule has 0 bridgehead atoms. The molecular weight excluding hydrogens is 398 g/mol. The van der Waals surface area contributed by atoms with Gasteiger partial charge >= 0.3 is 6.03 Å². The fraction of sp³-hybridized carbons (Fsp3) is 0.588. The van der Waals surface area contributed by atoms with E-state index in [0.29, 0.717) is 10.8 Å². The largest absolute Gasteiger partial charge is 0.383 e. The summed E-state index contributed by atoms with van der Waals surface area (Å²) >= 11 is 0. The molecule has 0 aromatic carbocycles. The van der Waals surface area contributed by atoms with Crippen molar-refractivity contribution in [1.29, 1.82) is 5.26 Å². The Balaban J connectivity index is 1.68. The molecule has 4 unspecified atom stereocenters. The minimum atomic E-state index is -4.13. The number of carbonyl (C=O) groups is 2. The van der Waals surface area contributed by atoms with Crippen molar-refractivity contribution in [3.05, 3.63) is 22.9 Å². The van der Waals surface area contributed by atoms with E-state index in [0.717, 1.165) is 0 Å². The van der Waals surface area contributed by atoms with Gasteiger partial charge in [-0.2, -0.15) is 5.26 Å². The van der Waals surface area contributed by atoms with Gasteiger partial charge < -0.3 is 16.0 Å². The average molecular weight is 423 g/mol. The average Bonchev–Trinajstić information content (AvgIpc) is 2.64. The number of nitriles is 1. The summed E-state index contributed by atoms with van der Waals surface area (Å²) in [5, 5.41) is 23.3. The van der Waals surface area contributed by atoms with Crippen molar-refractivity contribution in [2.75, 3.05) is 13.1 Å². The second-order valence-electron chi connectivity index (χ2n) is 7.39. The molecule has 1 fully saturated rings. The third-order valence-electron chi connectivity index (χ3n) is 5.37. The maximum absolute atomic E-state index is 12.9. The molecule has 1 saturated heterocycles. The minimum Gasteiger partial charge on any atom is -0.383 e. The van der Waals surface area contributed by atoms with Crippen LogP contribution in [0.4, 0.5) is 4.79 Å². The molecule has 0 radical (unpaired) electrons. The van der Waals surface area contributed by atoms with Crippen LogP contribution in [0.1, 0.15) is 20.8 Å². The summed E-state index contributed by atoms with van der Waals surface area (Å²) in [5.74, 6) is -0.598. The number of carbonyl (C=O) groups excluding carboxylic acids is 2. The van der Waals surface area contributed by atoms with Crippen molar-refractivity contribution in [1.82, 2.24) is 30.9 Å². The van der Waals surface area contributed by atoms with Gasteiger partial charge in [-0.25, -0.2) is 17.5 Å². The first kappa shape index (κ1) is 21.1. The van der Waals surface area contributed by atoms with Crippen LogP contribution in [0.15, 0.2) is 22.9 Å². The zero-order chi connectivity index (χ0) is 21.3. The first-order valence-electron chi connectivity index (χ1n) is 9.34. The van der Waals surface area contributed by atoms with Crippen LogP contribution in [-0.4, -0.2) is 62.0 Å². The van der Waals surface area contributed by atoms with E-state index in [1.165, 1.54) is 6.08 Å². The molecule has 0 aromatic heterocycles. The topological polar surface area (TPSA) is 155 Å². The van der Waals surface area contributed by atoms with Crippen molar-refractivity contribution >= 4 is 22.0 Å². The van der Waals surface area contributed by atoms with E-state index in [1.54, 1.807) is 20.0 Å². The summed E-state index contributed by atoms with van der Waals surface area (Å²) in [6.07, 6.45) is 2.59. The van der Waals surface area contributed by atoms with Crippen molar-refractivity contribution in [3.63, 3.8) is 0 Å². The van der Waals surface area contributed by atoms with Gasteiger partial charge in [-0.1, -0.05) is 0 Å². The lowest BCUT2D eigenvalue weighted by Gasteiger charge is -2.38. The monoisotopic (exact) mass is 423 g/mol. The fourth-order valence-electron chi connectivity index (χ4n) is 3.80. The Labute approximate surface area is 169 Å². The molecule has 3 amide bonds. The van der Waals surface area contributed by atoms with E-state index < -0.39 is 40.7 Å². The smallest absolute Gasteiger partial charge is 0.336 e. The molecule has 0 aliphatic carbocycles. The summed E-state index contributed by atoms with van der Waals surface area (Å²) in [6.45, 7) is 5.28. The van der Waals surface area contributed by atoms with Crippen LogP contribution in [0.3, 0.4) is 0 Å². The number of urea groups is 1. The minimum absolute atomic E-state index is 0.0163. The third-order valence-corrected chi connectivity index (χ3v) is 7.37. The number of dihydropyridines is 1. The number of hydrogen-bond acceptors (Lipinski definition) is 8. The molecule has 3 aliphatic rings. The van der Waals surface area contributed by atoms with Crippen molar-refractivity contribution < 1.29 is 18.0 Å². The number of nitrogens with one attached hydrogen (secondary N) is 5. The zero-order valence-corrected chi connectivity index (χ0v) is 17.2. The normalized spacial score (nSPS) is 31.8. The van der Waals surface area contributed by atoms with Gasteiger partial charge in [-0.05, 0) is 33.0 Å². The van der Waals surface area contributed by atoms with Gasteiger partial charge in [0.05, 0.1) is 17.8 Å². The first-order valence-corrected chi connectivity index (χ1v) is 10.8. The molecule has 0 aromatic rings. The van der Waals surface area contributed by atoms with Crippen LogP contribution in [-0.2, 0) is 14.8 Å². The highest BCUT2D eigenvalue weighted by molar-refractivity contribution is 7.93. The summed E-state index contributed by atoms with van der Waals surface area (Å²) in [7, 11) is -4.13. The van der Waals surface area contributed by atoms with Crippen LogP contribution in [0.2, 0.25) is 0 Å². The van der Waals surface area contributed by atoms with Crippen LogP contribution in [0.25, 0.3) is 0 Å². The SMILES string of the molecule is CC1NC=CC2=C1S(=O)(=O)N(CC(=O)N[C@@H](C)C1CNC(C#N)NC1C)C(=O)N2. The van der Waals surface area contributed by atoms with E-state index in [1.807, 2.05) is 6.92 Å². The molecule has 5 atom stereocenters. The highest BCUT2D eigenvalue weighted by Gasteiger charge is 2.42. The van der Waals surface area contributed by atoms with Crippen LogP contribution < -0.4 is 26.6 Å². The Hall–Kier alpha value is -2.62. The molecule has 3 rings (SSSR count).